The first-order valence-corrected chi connectivity index (χ1v) is 9.99. The molecule has 1 heterocycles. The lowest BCUT2D eigenvalue weighted by molar-refractivity contribution is 0.456. The lowest BCUT2D eigenvalue weighted by Crippen LogP contribution is -2.25. The zero-order valence-electron chi connectivity index (χ0n) is 14.2. The molecule has 1 rings (SSSR count). The first-order valence-electron chi connectivity index (χ1n) is 9.05. The van der Waals surface area contributed by atoms with E-state index in [0.717, 1.165) is 0 Å². The van der Waals surface area contributed by atoms with Gasteiger partial charge in [-0.25, -0.2) is 0 Å². The number of thiophene rings is 1. The highest BCUT2D eigenvalue weighted by atomic mass is 32.1. The van der Waals surface area contributed by atoms with Gasteiger partial charge in [-0.3, -0.25) is 0 Å². The van der Waals surface area contributed by atoms with E-state index in [1.54, 1.807) is 0 Å². The Labute approximate surface area is 136 Å². The second-order valence-electron chi connectivity index (χ2n) is 6.27. The van der Waals surface area contributed by atoms with E-state index < -0.39 is 0 Å². The highest BCUT2D eigenvalue weighted by Gasteiger charge is 2.06. The van der Waals surface area contributed by atoms with Crippen LogP contribution in [0.25, 0.3) is 0 Å². The van der Waals surface area contributed by atoms with E-state index in [-0.39, 0.29) is 0 Å². The van der Waals surface area contributed by atoms with Crippen LogP contribution in [-0.4, -0.2) is 13.1 Å². The standard InChI is InChI=1S/C19H35NS/c1-3-4-5-6-7-8-9-10-11-12-19(20-2)14-13-18-15-16-21-17-18/h15-17,19-20H,3-14H2,1-2H3. The van der Waals surface area contributed by atoms with Crippen molar-refractivity contribution in [2.75, 3.05) is 7.05 Å². The molecule has 0 aromatic carbocycles. The molecule has 1 N–H and O–H groups in total. The van der Waals surface area contributed by atoms with Crippen LogP contribution < -0.4 is 5.32 Å². The van der Waals surface area contributed by atoms with Gasteiger partial charge < -0.3 is 5.32 Å². The Kier molecular flexibility index (Phi) is 11.9. The van der Waals surface area contributed by atoms with Crippen LogP contribution in [0.2, 0.25) is 0 Å². The molecule has 1 unspecified atom stereocenters. The van der Waals surface area contributed by atoms with E-state index in [0.29, 0.717) is 6.04 Å². The van der Waals surface area contributed by atoms with E-state index in [4.69, 9.17) is 0 Å². The molecule has 0 amide bonds. The van der Waals surface area contributed by atoms with Crippen molar-refractivity contribution in [3.8, 4) is 0 Å². The van der Waals surface area contributed by atoms with Crippen molar-refractivity contribution >= 4 is 11.3 Å². The molecular formula is C19H35NS. The first kappa shape index (κ1) is 18.7. The van der Waals surface area contributed by atoms with Gasteiger partial charge in [0, 0.05) is 6.04 Å². The van der Waals surface area contributed by atoms with Gasteiger partial charge in [0.15, 0.2) is 0 Å². The molecule has 2 heteroatoms. The maximum Gasteiger partial charge on any atom is 0.00672 e. The Balaban J connectivity index is 1.92. The molecule has 0 aliphatic heterocycles. The zero-order valence-corrected chi connectivity index (χ0v) is 15.0. The van der Waals surface area contributed by atoms with Gasteiger partial charge in [-0.05, 0) is 48.7 Å². The molecule has 0 radical (unpaired) electrons. The summed E-state index contributed by atoms with van der Waals surface area (Å²) in [6.45, 7) is 2.29. The quantitative estimate of drug-likeness (QED) is 0.404. The highest BCUT2D eigenvalue weighted by molar-refractivity contribution is 7.07. The normalized spacial score (nSPS) is 12.7. The SMILES string of the molecule is CCCCCCCCCCCC(CCc1ccsc1)NC. The summed E-state index contributed by atoms with van der Waals surface area (Å²) in [4.78, 5) is 0. The second-order valence-corrected chi connectivity index (χ2v) is 7.05. The Bertz CT molecular complexity index is 307. The van der Waals surface area contributed by atoms with Gasteiger partial charge in [0.05, 0.1) is 0 Å². The molecule has 0 aliphatic carbocycles. The predicted molar refractivity (Wildman–Crippen MR) is 97.3 cm³/mol. The number of nitrogens with one attached hydrogen (secondary N) is 1. The van der Waals surface area contributed by atoms with Crippen molar-refractivity contribution in [2.24, 2.45) is 0 Å². The summed E-state index contributed by atoms with van der Waals surface area (Å²) in [5.74, 6) is 0. The zero-order chi connectivity index (χ0) is 15.2. The Morgan fingerprint density at radius 1 is 0.952 bits per heavy atom. The molecule has 21 heavy (non-hydrogen) atoms. The van der Waals surface area contributed by atoms with Crippen LogP contribution >= 0.6 is 11.3 Å². The van der Waals surface area contributed by atoms with Crippen molar-refractivity contribution in [3.05, 3.63) is 22.4 Å². The monoisotopic (exact) mass is 309 g/mol. The van der Waals surface area contributed by atoms with E-state index in [9.17, 15) is 0 Å². The third-order valence-corrected chi connectivity index (χ3v) is 5.16. The average molecular weight is 310 g/mol. The fourth-order valence-corrected chi connectivity index (χ4v) is 3.61. The molecule has 1 nitrogen and oxygen atoms in total. The number of hydrogen-bond donors (Lipinski definition) is 1. The number of unbranched alkanes of at least 4 members (excludes halogenated alkanes) is 8. The van der Waals surface area contributed by atoms with Gasteiger partial charge in [0.1, 0.15) is 0 Å². The summed E-state index contributed by atoms with van der Waals surface area (Å²) in [6, 6.07) is 2.96. The molecule has 0 bridgehead atoms. The molecule has 122 valence electrons. The van der Waals surface area contributed by atoms with Crippen molar-refractivity contribution < 1.29 is 0 Å². The summed E-state index contributed by atoms with van der Waals surface area (Å²) >= 11 is 1.81. The summed E-state index contributed by atoms with van der Waals surface area (Å²) in [5.41, 5.74) is 1.51. The van der Waals surface area contributed by atoms with E-state index in [1.807, 2.05) is 11.3 Å². The minimum atomic E-state index is 0.703. The number of hydrogen-bond acceptors (Lipinski definition) is 2. The van der Waals surface area contributed by atoms with Gasteiger partial charge in [-0.1, -0.05) is 64.7 Å². The molecule has 1 atom stereocenters. The highest BCUT2D eigenvalue weighted by Crippen LogP contribution is 2.14. The predicted octanol–water partition coefficient (Wildman–Crippen LogP) is 6.19. The summed E-state index contributed by atoms with van der Waals surface area (Å²) in [7, 11) is 2.12. The molecule has 0 saturated heterocycles. The van der Waals surface area contributed by atoms with Crippen LogP contribution in [-0.2, 0) is 6.42 Å². The van der Waals surface area contributed by atoms with Gasteiger partial charge in [0.25, 0.3) is 0 Å². The maximum absolute atomic E-state index is 3.49. The number of aryl methyl sites for hydroxylation is 1. The van der Waals surface area contributed by atoms with Crippen LogP contribution in [0, 0.1) is 0 Å². The molecule has 0 saturated carbocycles. The van der Waals surface area contributed by atoms with Gasteiger partial charge >= 0.3 is 0 Å². The van der Waals surface area contributed by atoms with E-state index >= 15 is 0 Å². The van der Waals surface area contributed by atoms with Gasteiger partial charge in [-0.15, -0.1) is 0 Å². The topological polar surface area (TPSA) is 12.0 Å². The maximum atomic E-state index is 3.49. The van der Waals surface area contributed by atoms with Gasteiger partial charge in [0.2, 0.25) is 0 Å². The third kappa shape index (κ3) is 10.1. The summed E-state index contributed by atoms with van der Waals surface area (Å²) in [6.07, 6.45) is 16.7. The van der Waals surface area contributed by atoms with Crippen molar-refractivity contribution in [3.63, 3.8) is 0 Å². The lowest BCUT2D eigenvalue weighted by atomic mass is 10.0. The minimum absolute atomic E-state index is 0.703. The van der Waals surface area contributed by atoms with Crippen LogP contribution in [0.15, 0.2) is 16.8 Å². The Morgan fingerprint density at radius 2 is 1.62 bits per heavy atom. The smallest absolute Gasteiger partial charge is 0.00672 e. The third-order valence-electron chi connectivity index (χ3n) is 4.43. The molecular weight excluding hydrogens is 274 g/mol. The number of rotatable bonds is 14. The average Bonchev–Trinajstić information content (AvgIpc) is 3.02. The van der Waals surface area contributed by atoms with Crippen LogP contribution in [0.1, 0.15) is 83.1 Å². The fourth-order valence-electron chi connectivity index (χ4n) is 2.91. The fraction of sp³-hybridized carbons (Fsp3) is 0.789. The summed E-state index contributed by atoms with van der Waals surface area (Å²) < 4.78 is 0. The van der Waals surface area contributed by atoms with Crippen LogP contribution in [0.3, 0.4) is 0 Å². The van der Waals surface area contributed by atoms with Crippen molar-refractivity contribution in [2.45, 2.75) is 90.0 Å². The van der Waals surface area contributed by atoms with E-state index in [1.165, 1.54) is 82.6 Å². The van der Waals surface area contributed by atoms with Gasteiger partial charge in [-0.2, -0.15) is 11.3 Å². The Hall–Kier alpha value is -0.340. The molecule has 1 aromatic heterocycles. The molecule has 0 aliphatic rings. The minimum Gasteiger partial charge on any atom is -0.317 e. The van der Waals surface area contributed by atoms with E-state index in [2.05, 4.69) is 36.1 Å². The van der Waals surface area contributed by atoms with Crippen molar-refractivity contribution in [1.82, 2.24) is 5.32 Å². The van der Waals surface area contributed by atoms with Crippen LogP contribution in [0.4, 0.5) is 0 Å². The Morgan fingerprint density at radius 3 is 2.19 bits per heavy atom. The van der Waals surface area contributed by atoms with Crippen molar-refractivity contribution in [1.29, 1.82) is 0 Å². The molecule has 1 aromatic rings. The van der Waals surface area contributed by atoms with Crippen LogP contribution in [0.5, 0.6) is 0 Å². The lowest BCUT2D eigenvalue weighted by Gasteiger charge is -2.15. The second kappa shape index (κ2) is 13.3. The molecule has 0 spiro atoms. The molecule has 0 fully saturated rings. The summed E-state index contributed by atoms with van der Waals surface area (Å²) in [5, 5.41) is 7.96. The largest absolute Gasteiger partial charge is 0.317 e. The first-order chi connectivity index (χ1) is 10.4.